The Bertz CT molecular complexity index is 499. The topological polar surface area (TPSA) is 64.1 Å². The molecular formula is C13H16ClN3S. The lowest BCUT2D eigenvalue weighted by atomic mass is 10.0. The molecule has 0 amide bonds. The third-order valence-electron chi connectivity index (χ3n) is 2.88. The molecule has 0 bridgehead atoms. The highest BCUT2D eigenvalue weighted by Gasteiger charge is 2.13. The molecule has 1 atom stereocenters. The molecule has 0 fully saturated rings. The van der Waals surface area contributed by atoms with Crippen LogP contribution in [-0.2, 0) is 6.42 Å². The van der Waals surface area contributed by atoms with E-state index in [9.17, 15) is 0 Å². The van der Waals surface area contributed by atoms with Crippen molar-refractivity contribution in [2.24, 2.45) is 5.84 Å². The van der Waals surface area contributed by atoms with Gasteiger partial charge in [0.15, 0.2) is 0 Å². The minimum absolute atomic E-state index is 0.0457. The molecule has 2 aromatic rings. The minimum Gasteiger partial charge on any atom is -0.398 e. The number of nitrogens with one attached hydrogen (secondary N) is 1. The quantitative estimate of drug-likeness (QED) is 0.448. The first-order chi connectivity index (χ1) is 8.70. The van der Waals surface area contributed by atoms with Crippen LogP contribution in [0.5, 0.6) is 0 Å². The van der Waals surface area contributed by atoms with E-state index in [4.69, 9.17) is 23.2 Å². The van der Waals surface area contributed by atoms with Crippen molar-refractivity contribution < 1.29 is 0 Å². The van der Waals surface area contributed by atoms with Crippen molar-refractivity contribution in [1.82, 2.24) is 5.43 Å². The second-order valence-electron chi connectivity index (χ2n) is 4.11. The summed E-state index contributed by atoms with van der Waals surface area (Å²) in [6.45, 7) is 0. The van der Waals surface area contributed by atoms with Gasteiger partial charge < -0.3 is 5.73 Å². The summed E-state index contributed by atoms with van der Waals surface area (Å²) in [5, 5.41) is 2.72. The second-order valence-corrected chi connectivity index (χ2v) is 5.58. The molecule has 3 nitrogen and oxygen atoms in total. The van der Waals surface area contributed by atoms with E-state index in [1.165, 1.54) is 4.88 Å². The van der Waals surface area contributed by atoms with Gasteiger partial charge in [0.1, 0.15) is 0 Å². The highest BCUT2D eigenvalue weighted by atomic mass is 35.5. The van der Waals surface area contributed by atoms with Gasteiger partial charge in [0.25, 0.3) is 0 Å². The van der Waals surface area contributed by atoms with Crippen molar-refractivity contribution in [3.8, 4) is 0 Å². The average Bonchev–Trinajstić information content (AvgIpc) is 2.85. The number of hydrogen-bond donors (Lipinski definition) is 3. The third-order valence-corrected chi connectivity index (χ3v) is 4.06. The number of thiophene rings is 1. The third kappa shape index (κ3) is 3.23. The van der Waals surface area contributed by atoms with Gasteiger partial charge >= 0.3 is 0 Å². The van der Waals surface area contributed by atoms with E-state index in [2.05, 4.69) is 22.9 Å². The van der Waals surface area contributed by atoms with Crippen molar-refractivity contribution in [1.29, 1.82) is 0 Å². The van der Waals surface area contributed by atoms with Crippen LogP contribution in [0.25, 0.3) is 0 Å². The summed E-state index contributed by atoms with van der Waals surface area (Å²) in [4.78, 5) is 1.35. The SMILES string of the molecule is NNC(CCc1cccs1)c1ccc(Cl)cc1N. The summed E-state index contributed by atoms with van der Waals surface area (Å²) < 4.78 is 0. The Morgan fingerprint density at radius 2 is 2.17 bits per heavy atom. The van der Waals surface area contributed by atoms with Crippen molar-refractivity contribution >= 4 is 28.6 Å². The smallest absolute Gasteiger partial charge is 0.0483 e. The van der Waals surface area contributed by atoms with E-state index < -0.39 is 0 Å². The molecule has 0 saturated heterocycles. The van der Waals surface area contributed by atoms with Gasteiger partial charge in [-0.15, -0.1) is 11.3 Å². The number of rotatable bonds is 5. The highest BCUT2D eigenvalue weighted by molar-refractivity contribution is 7.09. The molecule has 0 spiro atoms. The molecule has 1 aromatic carbocycles. The van der Waals surface area contributed by atoms with Crippen LogP contribution in [0.4, 0.5) is 5.69 Å². The van der Waals surface area contributed by atoms with Gasteiger partial charge in [-0.25, -0.2) is 0 Å². The van der Waals surface area contributed by atoms with Gasteiger partial charge in [-0.3, -0.25) is 11.3 Å². The van der Waals surface area contributed by atoms with Gasteiger partial charge in [-0.05, 0) is 42.0 Å². The molecule has 0 aliphatic carbocycles. The molecule has 0 aliphatic heterocycles. The van der Waals surface area contributed by atoms with E-state index in [1.807, 2.05) is 12.1 Å². The fraction of sp³-hybridized carbons (Fsp3) is 0.231. The zero-order chi connectivity index (χ0) is 13.0. The molecule has 2 rings (SSSR count). The number of nitrogen functional groups attached to an aromatic ring is 1. The number of hydrazine groups is 1. The van der Waals surface area contributed by atoms with Crippen LogP contribution >= 0.6 is 22.9 Å². The highest BCUT2D eigenvalue weighted by Crippen LogP contribution is 2.27. The Balaban J connectivity index is 2.08. The standard InChI is InChI=1S/C13H16ClN3S/c14-9-3-5-11(12(15)8-9)13(17-16)6-4-10-2-1-7-18-10/h1-3,5,7-8,13,17H,4,6,15-16H2. The first kappa shape index (κ1) is 13.4. The van der Waals surface area contributed by atoms with Crippen LogP contribution < -0.4 is 17.0 Å². The van der Waals surface area contributed by atoms with Gasteiger partial charge in [0, 0.05) is 21.6 Å². The van der Waals surface area contributed by atoms with Crippen LogP contribution in [0.15, 0.2) is 35.7 Å². The first-order valence-corrected chi connectivity index (χ1v) is 7.00. The van der Waals surface area contributed by atoms with Crippen LogP contribution in [0, 0.1) is 0 Å². The van der Waals surface area contributed by atoms with Crippen LogP contribution in [0.3, 0.4) is 0 Å². The molecule has 5 N–H and O–H groups in total. The molecule has 5 heteroatoms. The molecule has 1 aromatic heterocycles. The maximum Gasteiger partial charge on any atom is 0.0483 e. The number of benzene rings is 1. The van der Waals surface area contributed by atoms with E-state index in [-0.39, 0.29) is 6.04 Å². The molecule has 96 valence electrons. The summed E-state index contributed by atoms with van der Waals surface area (Å²) in [5.41, 5.74) is 10.5. The van der Waals surface area contributed by atoms with Crippen molar-refractivity contribution in [3.05, 3.63) is 51.2 Å². The van der Waals surface area contributed by atoms with Crippen LogP contribution in [0.2, 0.25) is 5.02 Å². The normalized spacial score (nSPS) is 12.6. The molecule has 1 heterocycles. The van der Waals surface area contributed by atoms with Crippen LogP contribution in [-0.4, -0.2) is 0 Å². The summed E-state index contributed by atoms with van der Waals surface area (Å²) >= 11 is 7.65. The number of nitrogens with two attached hydrogens (primary N) is 2. The van der Waals surface area contributed by atoms with E-state index in [0.717, 1.165) is 18.4 Å². The number of hydrogen-bond acceptors (Lipinski definition) is 4. The zero-order valence-corrected chi connectivity index (χ0v) is 11.5. The molecule has 0 radical (unpaired) electrons. The molecule has 0 aliphatic rings. The van der Waals surface area contributed by atoms with E-state index in [0.29, 0.717) is 10.7 Å². The van der Waals surface area contributed by atoms with Gasteiger partial charge in [-0.2, -0.15) is 0 Å². The Kier molecular flexibility index (Phi) is 4.60. The molecule has 0 saturated carbocycles. The molecular weight excluding hydrogens is 266 g/mol. The first-order valence-electron chi connectivity index (χ1n) is 5.74. The Labute approximate surface area is 116 Å². The van der Waals surface area contributed by atoms with Gasteiger partial charge in [0.2, 0.25) is 0 Å². The van der Waals surface area contributed by atoms with E-state index >= 15 is 0 Å². The zero-order valence-electron chi connectivity index (χ0n) is 9.90. The van der Waals surface area contributed by atoms with Gasteiger partial charge in [-0.1, -0.05) is 23.7 Å². The predicted molar refractivity (Wildman–Crippen MR) is 78.6 cm³/mol. The lowest BCUT2D eigenvalue weighted by Crippen LogP contribution is -2.29. The Morgan fingerprint density at radius 1 is 1.33 bits per heavy atom. The summed E-state index contributed by atoms with van der Waals surface area (Å²) in [6.07, 6.45) is 1.89. The minimum atomic E-state index is 0.0457. The number of aryl methyl sites for hydroxylation is 1. The van der Waals surface area contributed by atoms with Crippen molar-refractivity contribution in [3.63, 3.8) is 0 Å². The maximum atomic E-state index is 5.97. The monoisotopic (exact) mass is 281 g/mol. The molecule has 1 unspecified atom stereocenters. The predicted octanol–water partition coefficient (Wildman–Crippen LogP) is 3.12. The maximum absolute atomic E-state index is 5.97. The average molecular weight is 282 g/mol. The Morgan fingerprint density at radius 3 is 2.78 bits per heavy atom. The summed E-state index contributed by atoms with van der Waals surface area (Å²) in [5.74, 6) is 5.62. The Hall–Kier alpha value is -1.07. The fourth-order valence-electron chi connectivity index (χ4n) is 1.93. The van der Waals surface area contributed by atoms with Crippen LogP contribution in [0.1, 0.15) is 22.9 Å². The van der Waals surface area contributed by atoms with Crippen molar-refractivity contribution in [2.75, 3.05) is 5.73 Å². The lowest BCUT2D eigenvalue weighted by Gasteiger charge is -2.18. The lowest BCUT2D eigenvalue weighted by molar-refractivity contribution is 0.519. The molecule has 18 heavy (non-hydrogen) atoms. The second kappa shape index (κ2) is 6.20. The largest absolute Gasteiger partial charge is 0.398 e. The number of halogens is 1. The summed E-state index contributed by atoms with van der Waals surface area (Å²) in [6, 6.07) is 9.75. The van der Waals surface area contributed by atoms with Crippen molar-refractivity contribution in [2.45, 2.75) is 18.9 Å². The van der Waals surface area contributed by atoms with E-state index in [1.54, 1.807) is 17.4 Å². The van der Waals surface area contributed by atoms with Gasteiger partial charge in [0.05, 0.1) is 0 Å². The fourth-order valence-corrected chi connectivity index (χ4v) is 2.84. The number of anilines is 1. The summed E-state index contributed by atoms with van der Waals surface area (Å²) in [7, 11) is 0.